The first-order valence-electron chi connectivity index (χ1n) is 5.65. The zero-order chi connectivity index (χ0) is 12.5. The monoisotopic (exact) mass is 301 g/mol. The fourth-order valence-corrected chi connectivity index (χ4v) is 2.94. The van der Waals surface area contributed by atoms with Crippen LogP contribution in [0.25, 0.3) is 11.1 Å². The van der Waals surface area contributed by atoms with E-state index in [1.807, 2.05) is 0 Å². The minimum absolute atomic E-state index is 0. The molecule has 0 bridgehead atoms. The molecule has 1 unspecified atom stereocenters. The number of hydrogen-bond donors (Lipinski definition) is 1. The van der Waals surface area contributed by atoms with Crippen LogP contribution in [0.3, 0.4) is 0 Å². The van der Waals surface area contributed by atoms with Gasteiger partial charge in [-0.25, -0.2) is 4.98 Å². The number of halogens is 1. The maximum Gasteiger partial charge on any atom is 0.271 e. The van der Waals surface area contributed by atoms with Crippen molar-refractivity contribution >= 4 is 41.0 Å². The molecule has 1 N–H and O–H groups in total. The Kier molecular flexibility index (Phi) is 4.28. The number of hydrogen-bond acceptors (Lipinski definition) is 6. The van der Waals surface area contributed by atoms with Gasteiger partial charge in [0, 0.05) is 23.9 Å². The minimum atomic E-state index is -0.429. The van der Waals surface area contributed by atoms with Gasteiger partial charge in [-0.1, -0.05) is 11.8 Å². The summed E-state index contributed by atoms with van der Waals surface area (Å²) >= 11 is 1.58. The lowest BCUT2D eigenvalue weighted by Crippen LogP contribution is -2.09. The molecule has 102 valence electrons. The molecular weight excluding hydrogens is 290 g/mol. The third-order valence-corrected chi connectivity index (χ3v) is 3.96. The zero-order valence-electron chi connectivity index (χ0n) is 9.87. The molecule has 1 atom stereocenters. The predicted molar refractivity (Wildman–Crippen MR) is 75.0 cm³/mol. The minimum Gasteiger partial charge on any atom is -0.431 e. The van der Waals surface area contributed by atoms with Gasteiger partial charge in [-0.15, -0.1) is 12.4 Å². The summed E-state index contributed by atoms with van der Waals surface area (Å²) in [5.74, 6) is 0. The number of aromatic nitrogens is 1. The van der Waals surface area contributed by atoms with Crippen LogP contribution in [0.1, 0.15) is 6.42 Å². The quantitative estimate of drug-likeness (QED) is 0.693. The van der Waals surface area contributed by atoms with E-state index in [9.17, 15) is 10.1 Å². The van der Waals surface area contributed by atoms with Crippen molar-refractivity contribution in [3.8, 4) is 0 Å². The molecule has 19 heavy (non-hydrogen) atoms. The highest BCUT2D eigenvalue weighted by Gasteiger charge is 2.19. The van der Waals surface area contributed by atoms with Crippen LogP contribution < -0.4 is 5.32 Å². The first-order chi connectivity index (χ1) is 8.72. The Bertz CT molecular complexity index is 598. The van der Waals surface area contributed by atoms with E-state index in [0.29, 0.717) is 21.6 Å². The van der Waals surface area contributed by atoms with Crippen LogP contribution in [-0.2, 0) is 0 Å². The Morgan fingerprint density at radius 1 is 1.53 bits per heavy atom. The standard InChI is InChI=1S/C11H11N3O3S.ClH/c15-14(16)7-1-2-10-9(5-7)13-11(17-10)18-8-3-4-12-6-8;/h1-2,5,8,12H,3-4,6H2;1H. The number of nitrogens with zero attached hydrogens (tertiary/aromatic N) is 2. The van der Waals surface area contributed by atoms with Gasteiger partial charge >= 0.3 is 0 Å². The molecule has 1 aromatic carbocycles. The maximum absolute atomic E-state index is 10.7. The van der Waals surface area contributed by atoms with Gasteiger partial charge in [0.1, 0.15) is 5.52 Å². The van der Waals surface area contributed by atoms with Crippen LogP contribution in [0.2, 0.25) is 0 Å². The normalized spacial score (nSPS) is 18.4. The molecule has 0 saturated carbocycles. The van der Waals surface area contributed by atoms with Crippen LogP contribution in [0.5, 0.6) is 0 Å². The van der Waals surface area contributed by atoms with Crippen LogP contribution in [0.4, 0.5) is 5.69 Å². The highest BCUT2D eigenvalue weighted by Crippen LogP contribution is 2.30. The highest BCUT2D eigenvalue weighted by atomic mass is 35.5. The molecule has 2 aromatic rings. The van der Waals surface area contributed by atoms with Gasteiger partial charge in [0.15, 0.2) is 5.58 Å². The average Bonchev–Trinajstić information content (AvgIpc) is 2.96. The number of non-ortho nitro benzene ring substituents is 1. The number of fused-ring (bicyclic) bond motifs is 1. The Labute approximate surface area is 119 Å². The third kappa shape index (κ3) is 2.99. The summed E-state index contributed by atoms with van der Waals surface area (Å²) in [5, 5.41) is 15.0. The van der Waals surface area contributed by atoms with Gasteiger partial charge in [-0.05, 0) is 19.0 Å². The van der Waals surface area contributed by atoms with E-state index in [1.54, 1.807) is 17.8 Å². The molecule has 0 radical (unpaired) electrons. The number of nitro benzene ring substituents is 1. The Morgan fingerprint density at radius 2 is 2.37 bits per heavy atom. The van der Waals surface area contributed by atoms with Crippen molar-refractivity contribution in [2.45, 2.75) is 16.9 Å². The molecule has 1 aromatic heterocycles. The van der Waals surface area contributed by atoms with E-state index in [2.05, 4.69) is 10.3 Å². The van der Waals surface area contributed by atoms with E-state index in [0.717, 1.165) is 19.5 Å². The van der Waals surface area contributed by atoms with Crippen molar-refractivity contribution in [2.75, 3.05) is 13.1 Å². The van der Waals surface area contributed by atoms with Crippen molar-refractivity contribution in [3.05, 3.63) is 28.3 Å². The number of thioether (sulfide) groups is 1. The van der Waals surface area contributed by atoms with Gasteiger partial charge in [-0.2, -0.15) is 0 Å². The Morgan fingerprint density at radius 3 is 3.05 bits per heavy atom. The molecule has 3 rings (SSSR count). The fraction of sp³-hybridized carbons (Fsp3) is 0.364. The summed E-state index contributed by atoms with van der Waals surface area (Å²) in [6.07, 6.45) is 1.09. The van der Waals surface area contributed by atoms with Gasteiger partial charge in [0.05, 0.1) is 4.92 Å². The Balaban J connectivity index is 0.00000133. The maximum atomic E-state index is 10.7. The molecule has 1 aliphatic heterocycles. The SMILES string of the molecule is Cl.O=[N+]([O-])c1ccc2oc(SC3CCNC3)nc2c1. The predicted octanol–water partition coefficient (Wildman–Crippen LogP) is 2.61. The summed E-state index contributed by atoms with van der Waals surface area (Å²) in [5.41, 5.74) is 1.17. The number of benzene rings is 1. The van der Waals surface area contributed by atoms with Crippen LogP contribution in [0.15, 0.2) is 27.8 Å². The van der Waals surface area contributed by atoms with Gasteiger partial charge in [0.2, 0.25) is 0 Å². The first kappa shape index (κ1) is 14.1. The molecule has 8 heteroatoms. The van der Waals surface area contributed by atoms with Gasteiger partial charge in [-0.3, -0.25) is 10.1 Å². The van der Waals surface area contributed by atoms with Crippen molar-refractivity contribution in [2.24, 2.45) is 0 Å². The summed E-state index contributed by atoms with van der Waals surface area (Å²) in [4.78, 5) is 14.5. The molecule has 0 spiro atoms. The smallest absolute Gasteiger partial charge is 0.271 e. The molecule has 1 saturated heterocycles. The largest absolute Gasteiger partial charge is 0.431 e. The number of rotatable bonds is 3. The fourth-order valence-electron chi connectivity index (χ4n) is 1.93. The van der Waals surface area contributed by atoms with E-state index >= 15 is 0 Å². The second-order valence-electron chi connectivity index (χ2n) is 4.12. The van der Waals surface area contributed by atoms with Crippen LogP contribution >= 0.6 is 24.2 Å². The molecular formula is C11H12ClN3O3S. The van der Waals surface area contributed by atoms with Crippen molar-refractivity contribution in [1.82, 2.24) is 10.3 Å². The van der Waals surface area contributed by atoms with E-state index in [-0.39, 0.29) is 18.1 Å². The van der Waals surface area contributed by atoms with E-state index < -0.39 is 4.92 Å². The van der Waals surface area contributed by atoms with Crippen LogP contribution in [0, 0.1) is 10.1 Å². The molecule has 0 amide bonds. The Hall–Kier alpha value is -1.31. The lowest BCUT2D eigenvalue weighted by molar-refractivity contribution is -0.384. The van der Waals surface area contributed by atoms with E-state index in [1.165, 1.54) is 12.1 Å². The van der Waals surface area contributed by atoms with Crippen molar-refractivity contribution in [3.63, 3.8) is 0 Å². The summed E-state index contributed by atoms with van der Waals surface area (Å²) < 4.78 is 5.57. The number of nitro groups is 1. The molecule has 2 heterocycles. The number of nitrogens with one attached hydrogen (secondary N) is 1. The molecule has 6 nitrogen and oxygen atoms in total. The number of oxazole rings is 1. The average molecular weight is 302 g/mol. The van der Waals surface area contributed by atoms with E-state index in [4.69, 9.17) is 4.42 Å². The molecule has 1 aliphatic rings. The van der Waals surface area contributed by atoms with Crippen LogP contribution in [-0.4, -0.2) is 28.2 Å². The van der Waals surface area contributed by atoms with Crippen molar-refractivity contribution < 1.29 is 9.34 Å². The second kappa shape index (κ2) is 5.77. The van der Waals surface area contributed by atoms with Gasteiger partial charge < -0.3 is 9.73 Å². The lowest BCUT2D eigenvalue weighted by atomic mass is 10.3. The third-order valence-electron chi connectivity index (χ3n) is 2.84. The zero-order valence-corrected chi connectivity index (χ0v) is 11.5. The second-order valence-corrected chi connectivity index (χ2v) is 5.37. The molecule has 1 fully saturated rings. The van der Waals surface area contributed by atoms with Gasteiger partial charge in [0.25, 0.3) is 10.9 Å². The lowest BCUT2D eigenvalue weighted by Gasteiger charge is -2.01. The summed E-state index contributed by atoms with van der Waals surface area (Å²) in [7, 11) is 0. The summed E-state index contributed by atoms with van der Waals surface area (Å²) in [6.45, 7) is 1.97. The van der Waals surface area contributed by atoms with Crippen molar-refractivity contribution in [1.29, 1.82) is 0 Å². The molecule has 0 aliphatic carbocycles. The topological polar surface area (TPSA) is 81.2 Å². The summed E-state index contributed by atoms with van der Waals surface area (Å²) in [6, 6.07) is 4.46. The first-order valence-corrected chi connectivity index (χ1v) is 6.53. The highest BCUT2D eigenvalue weighted by molar-refractivity contribution is 7.99.